The molecular formula is C25H29FN8O. The van der Waals surface area contributed by atoms with E-state index in [2.05, 4.69) is 28.9 Å². The van der Waals surface area contributed by atoms with Gasteiger partial charge in [0.25, 0.3) is 0 Å². The first kappa shape index (κ1) is 22.2. The molecule has 6 rings (SSSR count). The van der Waals surface area contributed by atoms with Crippen LogP contribution < -0.4 is 15.5 Å². The van der Waals surface area contributed by atoms with Gasteiger partial charge >= 0.3 is 0 Å². The summed E-state index contributed by atoms with van der Waals surface area (Å²) in [6.07, 6.45) is 4.68. The SMILES string of the molecule is CC1CCN(c2n[nH]c3nc(N4CCC5(CC4)CO[C@@H](C)[C@H]5N)cnc23)c2cc(F)c(C#N)cc21. The van der Waals surface area contributed by atoms with Crippen LogP contribution in [0.15, 0.2) is 18.3 Å². The molecule has 1 unspecified atom stereocenters. The molecule has 0 bridgehead atoms. The molecule has 3 aromatic rings. The first-order valence-corrected chi connectivity index (χ1v) is 12.2. The second kappa shape index (κ2) is 8.14. The molecule has 10 heteroatoms. The molecule has 1 aromatic carbocycles. The number of H-pyrrole nitrogens is 1. The summed E-state index contributed by atoms with van der Waals surface area (Å²) >= 11 is 0. The number of nitrogens with two attached hydrogens (primary N) is 1. The number of piperidine rings is 1. The van der Waals surface area contributed by atoms with Gasteiger partial charge in [-0.2, -0.15) is 10.4 Å². The maximum atomic E-state index is 14.5. The van der Waals surface area contributed by atoms with Crippen molar-refractivity contribution >= 4 is 28.5 Å². The lowest BCUT2D eigenvalue weighted by Gasteiger charge is -2.41. The number of halogens is 1. The minimum absolute atomic E-state index is 0.0497. The number of hydrogen-bond acceptors (Lipinski definition) is 8. The van der Waals surface area contributed by atoms with E-state index in [0.29, 0.717) is 23.5 Å². The molecule has 0 radical (unpaired) electrons. The van der Waals surface area contributed by atoms with Crippen molar-refractivity contribution in [3.05, 3.63) is 35.3 Å². The van der Waals surface area contributed by atoms with Gasteiger partial charge in [0.2, 0.25) is 0 Å². The number of hydrogen-bond donors (Lipinski definition) is 2. The quantitative estimate of drug-likeness (QED) is 0.578. The number of nitrogens with one attached hydrogen (secondary N) is 1. The molecule has 2 saturated heterocycles. The van der Waals surface area contributed by atoms with Gasteiger partial charge in [-0.15, -0.1) is 0 Å². The molecular weight excluding hydrogens is 447 g/mol. The molecule has 9 nitrogen and oxygen atoms in total. The number of aromatic amines is 1. The number of fused-ring (bicyclic) bond motifs is 2. The van der Waals surface area contributed by atoms with Crippen molar-refractivity contribution in [3.63, 3.8) is 0 Å². The predicted molar refractivity (Wildman–Crippen MR) is 130 cm³/mol. The topological polar surface area (TPSA) is 120 Å². The van der Waals surface area contributed by atoms with E-state index < -0.39 is 5.82 Å². The maximum Gasteiger partial charge on any atom is 0.183 e. The maximum absolute atomic E-state index is 14.5. The van der Waals surface area contributed by atoms with E-state index in [1.165, 1.54) is 6.07 Å². The van der Waals surface area contributed by atoms with Gasteiger partial charge < -0.3 is 20.3 Å². The second-order valence-corrected chi connectivity index (χ2v) is 10.2. The molecule has 5 heterocycles. The van der Waals surface area contributed by atoms with Crippen LogP contribution >= 0.6 is 0 Å². The first-order valence-electron chi connectivity index (χ1n) is 12.2. The Hall–Kier alpha value is -3.29. The van der Waals surface area contributed by atoms with Gasteiger partial charge in [-0.05, 0) is 49.8 Å². The number of ether oxygens (including phenoxy) is 1. The van der Waals surface area contributed by atoms with E-state index in [1.54, 1.807) is 12.3 Å². The van der Waals surface area contributed by atoms with Crippen LogP contribution in [-0.4, -0.2) is 58.6 Å². The van der Waals surface area contributed by atoms with Gasteiger partial charge in [0.1, 0.15) is 17.7 Å². The van der Waals surface area contributed by atoms with Gasteiger partial charge in [-0.1, -0.05) is 6.92 Å². The molecule has 0 saturated carbocycles. The van der Waals surface area contributed by atoms with E-state index in [4.69, 9.17) is 20.4 Å². The van der Waals surface area contributed by atoms with Crippen molar-refractivity contribution in [2.75, 3.05) is 36.0 Å². The summed E-state index contributed by atoms with van der Waals surface area (Å²) in [6, 6.07) is 5.11. The molecule has 2 aromatic heterocycles. The van der Waals surface area contributed by atoms with Crippen molar-refractivity contribution in [1.29, 1.82) is 5.26 Å². The highest BCUT2D eigenvalue weighted by Gasteiger charge is 2.47. The van der Waals surface area contributed by atoms with Crippen molar-refractivity contribution in [1.82, 2.24) is 20.2 Å². The van der Waals surface area contributed by atoms with Gasteiger partial charge in [0, 0.05) is 36.8 Å². The van der Waals surface area contributed by atoms with Crippen molar-refractivity contribution in [2.45, 2.75) is 51.2 Å². The Kier molecular flexibility index (Phi) is 5.16. The molecule has 3 atom stereocenters. The lowest BCUT2D eigenvalue weighted by molar-refractivity contribution is 0.0974. The van der Waals surface area contributed by atoms with E-state index in [9.17, 15) is 9.65 Å². The molecule has 0 aliphatic carbocycles. The first-order chi connectivity index (χ1) is 16.9. The Morgan fingerprint density at radius 1 is 1.26 bits per heavy atom. The highest BCUT2D eigenvalue weighted by atomic mass is 19.1. The van der Waals surface area contributed by atoms with Crippen LogP contribution in [0.5, 0.6) is 0 Å². The van der Waals surface area contributed by atoms with Crippen LogP contribution in [0.4, 0.5) is 21.7 Å². The Labute approximate surface area is 203 Å². The minimum Gasteiger partial charge on any atom is -0.376 e. The van der Waals surface area contributed by atoms with Gasteiger partial charge in [-0.25, -0.2) is 14.4 Å². The molecule has 3 aliphatic rings. The summed E-state index contributed by atoms with van der Waals surface area (Å²) in [4.78, 5) is 13.8. The molecule has 2 fully saturated rings. The van der Waals surface area contributed by atoms with Gasteiger partial charge in [-0.3, -0.25) is 5.10 Å². The summed E-state index contributed by atoms with van der Waals surface area (Å²) in [6.45, 7) is 7.25. The summed E-state index contributed by atoms with van der Waals surface area (Å²) in [5, 5.41) is 16.8. The largest absolute Gasteiger partial charge is 0.376 e. The third kappa shape index (κ3) is 3.45. The zero-order valence-electron chi connectivity index (χ0n) is 20.0. The highest BCUT2D eigenvalue weighted by molar-refractivity contribution is 5.88. The van der Waals surface area contributed by atoms with Gasteiger partial charge in [0.15, 0.2) is 17.0 Å². The predicted octanol–water partition coefficient (Wildman–Crippen LogP) is 3.34. The van der Waals surface area contributed by atoms with Crippen LogP contribution in [0.3, 0.4) is 0 Å². The smallest absolute Gasteiger partial charge is 0.183 e. The van der Waals surface area contributed by atoms with Gasteiger partial charge in [0.05, 0.1) is 24.5 Å². The van der Waals surface area contributed by atoms with E-state index in [-0.39, 0.29) is 29.0 Å². The monoisotopic (exact) mass is 476 g/mol. The number of nitrogens with zero attached hydrogens (tertiary/aromatic N) is 6. The summed E-state index contributed by atoms with van der Waals surface area (Å²) in [5.74, 6) is 1.13. The summed E-state index contributed by atoms with van der Waals surface area (Å²) in [7, 11) is 0. The average molecular weight is 477 g/mol. The second-order valence-electron chi connectivity index (χ2n) is 10.2. The zero-order chi connectivity index (χ0) is 24.3. The molecule has 35 heavy (non-hydrogen) atoms. The van der Waals surface area contributed by atoms with Crippen LogP contribution in [-0.2, 0) is 4.74 Å². The number of aromatic nitrogens is 4. The summed E-state index contributed by atoms with van der Waals surface area (Å²) < 4.78 is 20.4. The lowest BCUT2D eigenvalue weighted by Crippen LogP contribution is -2.50. The molecule has 3 aliphatic heterocycles. The molecule has 3 N–H and O–H groups in total. The molecule has 0 amide bonds. The Bertz CT molecular complexity index is 1320. The summed E-state index contributed by atoms with van der Waals surface area (Å²) in [5.41, 5.74) is 9.49. The Balaban J connectivity index is 1.28. The van der Waals surface area contributed by atoms with E-state index >= 15 is 0 Å². The zero-order valence-corrected chi connectivity index (χ0v) is 20.0. The molecule has 182 valence electrons. The highest BCUT2D eigenvalue weighted by Crippen LogP contribution is 2.43. The normalized spacial score (nSPS) is 25.7. The van der Waals surface area contributed by atoms with Crippen molar-refractivity contribution in [2.24, 2.45) is 11.1 Å². The van der Waals surface area contributed by atoms with E-state index in [0.717, 1.165) is 56.0 Å². The van der Waals surface area contributed by atoms with E-state index in [1.807, 2.05) is 11.0 Å². The lowest BCUT2D eigenvalue weighted by atomic mass is 9.73. The third-order valence-electron chi connectivity index (χ3n) is 8.27. The van der Waals surface area contributed by atoms with Crippen LogP contribution in [0.2, 0.25) is 0 Å². The number of nitriles is 1. The van der Waals surface area contributed by atoms with Crippen LogP contribution in [0, 0.1) is 22.6 Å². The van der Waals surface area contributed by atoms with Crippen LogP contribution in [0.1, 0.15) is 50.2 Å². The third-order valence-corrected chi connectivity index (χ3v) is 8.27. The van der Waals surface area contributed by atoms with Crippen molar-refractivity contribution in [3.8, 4) is 6.07 Å². The fourth-order valence-corrected chi connectivity index (χ4v) is 5.89. The number of benzene rings is 1. The fourth-order valence-electron chi connectivity index (χ4n) is 5.89. The van der Waals surface area contributed by atoms with Crippen molar-refractivity contribution < 1.29 is 9.13 Å². The van der Waals surface area contributed by atoms with Crippen LogP contribution in [0.25, 0.3) is 11.2 Å². The minimum atomic E-state index is -0.525. The molecule has 1 spiro atoms. The number of rotatable bonds is 2. The Morgan fingerprint density at radius 3 is 2.77 bits per heavy atom. The standard InChI is InChI=1S/C25H29FN8O/c1-14-3-6-34(19-10-18(26)16(11-27)9-17(14)19)24-21-23(31-32-24)30-20(12-29-21)33-7-4-25(5-8-33)13-35-15(2)22(25)28/h9-10,12,14-15,22H,3-8,13,28H2,1-2H3,(H,30,31,32)/t14?,15-,22+/m0/s1. The Morgan fingerprint density at radius 2 is 2.06 bits per heavy atom. The average Bonchev–Trinajstić information content (AvgIpc) is 3.41. The fraction of sp³-hybridized carbons (Fsp3) is 0.520. The number of anilines is 3.